The molecule has 1 amide bonds. The van der Waals surface area contributed by atoms with Crippen molar-refractivity contribution in [2.75, 3.05) is 5.32 Å². The molecule has 0 unspecified atom stereocenters. The third-order valence-corrected chi connectivity index (χ3v) is 4.01. The molecule has 0 saturated carbocycles. The Hall–Kier alpha value is -2.88. The summed E-state index contributed by atoms with van der Waals surface area (Å²) in [5.74, 6) is 0.635. The predicted molar refractivity (Wildman–Crippen MR) is 90.9 cm³/mol. The smallest absolute Gasteiger partial charge is 0.266 e. The number of H-pyrrole nitrogens is 2. The van der Waals surface area contributed by atoms with Crippen molar-refractivity contribution in [3.8, 4) is 6.07 Å². The van der Waals surface area contributed by atoms with Crippen LogP contribution in [0.2, 0.25) is 0 Å². The van der Waals surface area contributed by atoms with Crippen LogP contribution in [0.1, 0.15) is 54.3 Å². The van der Waals surface area contributed by atoms with Crippen LogP contribution < -0.4 is 10.9 Å². The third-order valence-electron chi connectivity index (χ3n) is 4.01. The summed E-state index contributed by atoms with van der Waals surface area (Å²) in [5.41, 5.74) is 2.81. The zero-order valence-corrected chi connectivity index (χ0v) is 14.3. The topological polar surface area (TPSA) is 114 Å². The number of carbonyl (C=O) groups excluding carboxylic acids is 1. The van der Waals surface area contributed by atoms with Gasteiger partial charge in [0.2, 0.25) is 5.91 Å². The fourth-order valence-electron chi connectivity index (χ4n) is 2.56. The number of nitriles is 1. The van der Waals surface area contributed by atoms with E-state index in [1.54, 1.807) is 13.8 Å². The van der Waals surface area contributed by atoms with Gasteiger partial charge in [-0.2, -0.15) is 10.4 Å². The van der Waals surface area contributed by atoms with Crippen LogP contribution in [0.15, 0.2) is 10.9 Å². The van der Waals surface area contributed by atoms with E-state index in [-0.39, 0.29) is 17.9 Å². The number of aromatic amines is 2. The van der Waals surface area contributed by atoms with E-state index in [2.05, 4.69) is 20.5 Å². The second-order valence-electron chi connectivity index (χ2n) is 6.08. The maximum Gasteiger partial charge on any atom is 0.266 e. The summed E-state index contributed by atoms with van der Waals surface area (Å²) < 4.78 is 0. The Balaban J connectivity index is 2.07. The number of amides is 1. The highest BCUT2D eigenvalue weighted by molar-refractivity contribution is 5.89. The van der Waals surface area contributed by atoms with Crippen molar-refractivity contribution in [2.45, 2.75) is 46.5 Å². The lowest BCUT2D eigenvalue weighted by atomic mass is 9.99. The lowest BCUT2D eigenvalue weighted by molar-refractivity contribution is -0.116. The highest BCUT2D eigenvalue weighted by Gasteiger charge is 2.14. The number of rotatable bonds is 5. The van der Waals surface area contributed by atoms with Crippen LogP contribution >= 0.6 is 0 Å². The molecule has 0 spiro atoms. The van der Waals surface area contributed by atoms with Crippen molar-refractivity contribution >= 4 is 11.7 Å². The average Bonchev–Trinajstić information content (AvgIpc) is 2.95. The van der Waals surface area contributed by atoms with Crippen molar-refractivity contribution < 1.29 is 4.79 Å². The Kier molecular flexibility index (Phi) is 5.19. The molecular weight excluding hydrogens is 306 g/mol. The van der Waals surface area contributed by atoms with Crippen LogP contribution in [0.5, 0.6) is 0 Å². The molecule has 7 nitrogen and oxygen atoms in total. The summed E-state index contributed by atoms with van der Waals surface area (Å²) in [6, 6.07) is 3.73. The normalized spacial score (nSPS) is 10.7. The summed E-state index contributed by atoms with van der Waals surface area (Å²) in [6.45, 7) is 7.57. The zero-order chi connectivity index (χ0) is 17.9. The Morgan fingerprint density at radius 3 is 2.71 bits per heavy atom. The molecular formula is C17H21N5O2. The van der Waals surface area contributed by atoms with Crippen LogP contribution in [-0.4, -0.2) is 21.1 Å². The molecule has 0 aromatic carbocycles. The Morgan fingerprint density at radius 2 is 2.12 bits per heavy atom. The van der Waals surface area contributed by atoms with Gasteiger partial charge in [0.25, 0.3) is 5.56 Å². The summed E-state index contributed by atoms with van der Waals surface area (Å²) in [4.78, 5) is 26.5. The molecule has 2 rings (SSSR count). The number of nitrogens with one attached hydrogen (secondary N) is 3. The summed E-state index contributed by atoms with van der Waals surface area (Å²) >= 11 is 0. The van der Waals surface area contributed by atoms with E-state index in [0.717, 1.165) is 11.3 Å². The number of hydrogen-bond donors (Lipinski definition) is 3. The van der Waals surface area contributed by atoms with E-state index >= 15 is 0 Å². The Morgan fingerprint density at radius 1 is 1.42 bits per heavy atom. The number of hydrogen-bond acceptors (Lipinski definition) is 4. The molecule has 2 aromatic rings. The van der Waals surface area contributed by atoms with Crippen molar-refractivity contribution in [2.24, 2.45) is 0 Å². The van der Waals surface area contributed by atoms with Gasteiger partial charge in [-0.25, -0.2) is 0 Å². The van der Waals surface area contributed by atoms with Crippen molar-refractivity contribution in [3.05, 3.63) is 44.5 Å². The van der Waals surface area contributed by atoms with Crippen molar-refractivity contribution in [1.82, 2.24) is 15.2 Å². The van der Waals surface area contributed by atoms with E-state index in [0.29, 0.717) is 29.4 Å². The standard InChI is InChI=1S/C17H21N5O2/c1-9(2)14-7-15(22-21-14)20-16(23)6-5-12-10(3)13(8-18)17(24)19-11(12)4/h7,9H,5-6H2,1-4H3,(H,19,24)(H2,20,21,22,23). The number of carbonyl (C=O) groups is 1. The molecule has 2 aromatic heterocycles. The van der Waals surface area contributed by atoms with E-state index in [1.165, 1.54) is 0 Å². The number of aryl methyl sites for hydroxylation is 1. The molecule has 0 radical (unpaired) electrons. The highest BCUT2D eigenvalue weighted by Crippen LogP contribution is 2.17. The first kappa shape index (κ1) is 17.5. The van der Waals surface area contributed by atoms with Crippen LogP contribution in [0.25, 0.3) is 0 Å². The minimum Gasteiger partial charge on any atom is -0.325 e. The quantitative estimate of drug-likeness (QED) is 0.781. The fraction of sp³-hybridized carbons (Fsp3) is 0.412. The number of pyridine rings is 1. The van der Waals surface area contributed by atoms with E-state index in [1.807, 2.05) is 26.0 Å². The largest absolute Gasteiger partial charge is 0.325 e. The van der Waals surface area contributed by atoms with Gasteiger partial charge in [-0.1, -0.05) is 13.8 Å². The Labute approximate surface area is 140 Å². The van der Waals surface area contributed by atoms with Gasteiger partial charge in [-0.3, -0.25) is 14.7 Å². The maximum atomic E-state index is 12.1. The van der Waals surface area contributed by atoms with Gasteiger partial charge < -0.3 is 10.3 Å². The second kappa shape index (κ2) is 7.13. The molecule has 7 heteroatoms. The first-order valence-corrected chi connectivity index (χ1v) is 7.81. The molecule has 0 bridgehead atoms. The second-order valence-corrected chi connectivity index (χ2v) is 6.08. The van der Waals surface area contributed by atoms with Gasteiger partial charge in [0.15, 0.2) is 5.82 Å². The molecule has 2 heterocycles. The van der Waals surface area contributed by atoms with Crippen LogP contribution in [-0.2, 0) is 11.2 Å². The molecule has 0 aliphatic rings. The van der Waals surface area contributed by atoms with Crippen LogP contribution in [0, 0.1) is 25.2 Å². The molecule has 24 heavy (non-hydrogen) atoms. The SMILES string of the molecule is Cc1[nH]c(=O)c(C#N)c(C)c1CCC(=O)Nc1cc(C(C)C)[nH]n1. The van der Waals surface area contributed by atoms with Crippen molar-refractivity contribution in [3.63, 3.8) is 0 Å². The number of aromatic nitrogens is 3. The molecule has 3 N–H and O–H groups in total. The summed E-state index contributed by atoms with van der Waals surface area (Å²) in [5, 5.41) is 18.8. The summed E-state index contributed by atoms with van der Waals surface area (Å²) in [6.07, 6.45) is 0.679. The predicted octanol–water partition coefficient (Wildman–Crippen LogP) is 2.28. The van der Waals surface area contributed by atoms with E-state index < -0.39 is 5.56 Å². The highest BCUT2D eigenvalue weighted by atomic mass is 16.1. The first-order chi connectivity index (χ1) is 11.3. The molecule has 126 valence electrons. The Bertz CT molecular complexity index is 855. The maximum absolute atomic E-state index is 12.1. The van der Waals surface area contributed by atoms with E-state index in [4.69, 9.17) is 5.26 Å². The lowest BCUT2D eigenvalue weighted by Gasteiger charge is -2.10. The van der Waals surface area contributed by atoms with Crippen LogP contribution in [0.4, 0.5) is 5.82 Å². The van der Waals surface area contributed by atoms with E-state index in [9.17, 15) is 9.59 Å². The molecule has 0 aliphatic heterocycles. The van der Waals surface area contributed by atoms with Gasteiger partial charge >= 0.3 is 0 Å². The van der Waals surface area contributed by atoms with Gasteiger partial charge in [-0.05, 0) is 37.3 Å². The van der Waals surface area contributed by atoms with Crippen molar-refractivity contribution in [1.29, 1.82) is 5.26 Å². The summed E-state index contributed by atoms with van der Waals surface area (Å²) in [7, 11) is 0. The third kappa shape index (κ3) is 3.71. The molecule has 0 saturated heterocycles. The van der Waals surface area contributed by atoms with Gasteiger partial charge in [0.05, 0.1) is 0 Å². The first-order valence-electron chi connectivity index (χ1n) is 7.81. The van der Waals surface area contributed by atoms with Crippen LogP contribution in [0.3, 0.4) is 0 Å². The minimum absolute atomic E-state index is 0.102. The van der Waals surface area contributed by atoms with Gasteiger partial charge in [0.1, 0.15) is 11.6 Å². The average molecular weight is 327 g/mol. The fourth-order valence-corrected chi connectivity index (χ4v) is 2.56. The molecule has 0 atom stereocenters. The molecule has 0 fully saturated rings. The minimum atomic E-state index is -0.390. The lowest BCUT2D eigenvalue weighted by Crippen LogP contribution is -2.18. The monoisotopic (exact) mass is 327 g/mol. The number of nitrogens with zero attached hydrogens (tertiary/aromatic N) is 2. The van der Waals surface area contributed by atoms with Gasteiger partial charge in [0, 0.05) is 23.9 Å². The van der Waals surface area contributed by atoms with Gasteiger partial charge in [-0.15, -0.1) is 0 Å². The molecule has 0 aliphatic carbocycles. The zero-order valence-electron chi connectivity index (χ0n) is 14.3. The number of anilines is 1.